The fraction of sp³-hybridized carbons (Fsp3) is 0.235. The summed E-state index contributed by atoms with van der Waals surface area (Å²) in [6, 6.07) is 7.22. The first-order valence-electron chi connectivity index (χ1n) is 7.86. The molecule has 0 unspecified atom stereocenters. The number of carbonyl (C=O) groups excluding carboxylic acids is 2. The van der Waals surface area contributed by atoms with Crippen LogP contribution in [0.4, 0.5) is 5.69 Å². The summed E-state index contributed by atoms with van der Waals surface area (Å²) in [7, 11) is 0. The minimum absolute atomic E-state index is 0.0689. The monoisotopic (exact) mass is 370 g/mol. The zero-order chi connectivity index (χ0) is 18.8. The molecule has 2 aromatic heterocycles. The predicted molar refractivity (Wildman–Crippen MR) is 99.2 cm³/mol. The molecule has 0 aliphatic carbocycles. The molecule has 0 aliphatic heterocycles. The highest BCUT2D eigenvalue weighted by Crippen LogP contribution is 2.22. The summed E-state index contributed by atoms with van der Waals surface area (Å²) in [5.74, 6) is -0.377. The van der Waals surface area contributed by atoms with E-state index in [-0.39, 0.29) is 11.7 Å². The van der Waals surface area contributed by atoms with Gasteiger partial charge in [-0.25, -0.2) is 0 Å². The second-order valence-electron chi connectivity index (χ2n) is 5.76. The summed E-state index contributed by atoms with van der Waals surface area (Å²) >= 11 is 1.43. The van der Waals surface area contributed by atoms with E-state index >= 15 is 0 Å². The van der Waals surface area contributed by atoms with E-state index in [1.165, 1.54) is 18.7 Å². The SMILES string of the molecule is CSc1nnnn1-c1cccc(NC(=O)c2[nH]c(C)c(C(C)=O)c2C)c1. The number of nitrogens with one attached hydrogen (secondary N) is 2. The molecule has 2 heterocycles. The van der Waals surface area contributed by atoms with E-state index in [0.29, 0.717) is 33.4 Å². The largest absolute Gasteiger partial charge is 0.354 e. The lowest BCUT2D eigenvalue weighted by Crippen LogP contribution is -2.14. The molecule has 1 amide bonds. The van der Waals surface area contributed by atoms with Crippen molar-refractivity contribution < 1.29 is 9.59 Å². The molecule has 0 saturated carbocycles. The molecule has 3 rings (SSSR count). The number of ketones is 1. The standard InChI is InChI=1S/C17H18N6O2S/c1-9-14(11(3)24)10(2)18-15(9)16(25)19-12-6-5-7-13(8-12)23-17(26-4)20-21-22-23/h5-8,18H,1-4H3,(H,19,25). The zero-order valence-electron chi connectivity index (χ0n) is 14.8. The van der Waals surface area contributed by atoms with Crippen LogP contribution in [0.25, 0.3) is 5.69 Å². The molecule has 0 fully saturated rings. The van der Waals surface area contributed by atoms with Crippen LogP contribution < -0.4 is 5.32 Å². The van der Waals surface area contributed by atoms with Gasteiger partial charge in [0.15, 0.2) is 5.78 Å². The van der Waals surface area contributed by atoms with Crippen LogP contribution in [0, 0.1) is 13.8 Å². The van der Waals surface area contributed by atoms with E-state index in [1.54, 1.807) is 30.7 Å². The Morgan fingerprint density at radius 2 is 2.04 bits per heavy atom. The Balaban J connectivity index is 1.88. The Morgan fingerprint density at radius 1 is 1.27 bits per heavy atom. The van der Waals surface area contributed by atoms with Gasteiger partial charge in [-0.1, -0.05) is 17.8 Å². The maximum atomic E-state index is 12.6. The Hall–Kier alpha value is -2.94. The van der Waals surface area contributed by atoms with Gasteiger partial charge in [0.05, 0.1) is 5.69 Å². The molecule has 0 spiro atoms. The highest BCUT2D eigenvalue weighted by Gasteiger charge is 2.20. The summed E-state index contributed by atoms with van der Waals surface area (Å²) < 4.78 is 1.60. The second-order valence-corrected chi connectivity index (χ2v) is 6.54. The Bertz CT molecular complexity index is 991. The number of aromatic amines is 1. The molecule has 0 bridgehead atoms. The minimum atomic E-state index is -0.308. The number of benzene rings is 1. The molecule has 8 nitrogen and oxygen atoms in total. The summed E-state index contributed by atoms with van der Waals surface area (Å²) in [6.07, 6.45) is 1.89. The van der Waals surface area contributed by atoms with Crippen LogP contribution in [0.3, 0.4) is 0 Å². The number of rotatable bonds is 5. The lowest BCUT2D eigenvalue weighted by molar-refractivity contribution is 0.101. The summed E-state index contributed by atoms with van der Waals surface area (Å²) in [5, 5.41) is 15.1. The van der Waals surface area contributed by atoms with Crippen LogP contribution in [-0.2, 0) is 0 Å². The normalized spacial score (nSPS) is 10.8. The number of thioether (sulfide) groups is 1. The van der Waals surface area contributed by atoms with Crippen molar-refractivity contribution in [3.05, 3.63) is 46.8 Å². The number of hydrogen-bond donors (Lipinski definition) is 2. The van der Waals surface area contributed by atoms with Gasteiger partial charge in [-0.15, -0.1) is 5.10 Å². The van der Waals surface area contributed by atoms with Gasteiger partial charge in [0.25, 0.3) is 5.91 Å². The zero-order valence-corrected chi connectivity index (χ0v) is 15.6. The predicted octanol–water partition coefficient (Wildman–Crippen LogP) is 2.78. The van der Waals surface area contributed by atoms with Crippen molar-refractivity contribution in [2.75, 3.05) is 11.6 Å². The topological polar surface area (TPSA) is 106 Å². The molecule has 9 heteroatoms. The summed E-state index contributed by atoms with van der Waals surface area (Å²) in [5.41, 5.74) is 3.61. The smallest absolute Gasteiger partial charge is 0.272 e. The van der Waals surface area contributed by atoms with E-state index in [4.69, 9.17) is 0 Å². The third-order valence-corrected chi connectivity index (χ3v) is 4.61. The average molecular weight is 370 g/mol. The molecule has 134 valence electrons. The molecule has 26 heavy (non-hydrogen) atoms. The van der Waals surface area contributed by atoms with Crippen LogP contribution in [-0.4, -0.2) is 43.1 Å². The number of anilines is 1. The molecule has 1 aromatic carbocycles. The Morgan fingerprint density at radius 3 is 2.69 bits per heavy atom. The van der Waals surface area contributed by atoms with Gasteiger partial charge in [-0.2, -0.15) is 4.68 Å². The van der Waals surface area contributed by atoms with Gasteiger partial charge in [0.2, 0.25) is 5.16 Å². The number of amides is 1. The lowest BCUT2D eigenvalue weighted by Gasteiger charge is -2.08. The molecule has 2 N–H and O–H groups in total. The second kappa shape index (κ2) is 7.12. The van der Waals surface area contributed by atoms with Gasteiger partial charge in [-0.05, 0) is 61.2 Å². The fourth-order valence-corrected chi connectivity index (χ4v) is 3.32. The maximum absolute atomic E-state index is 12.6. The van der Waals surface area contributed by atoms with Gasteiger partial charge in [0.1, 0.15) is 5.69 Å². The number of nitrogens with zero attached hydrogens (tertiary/aromatic N) is 4. The molecular weight excluding hydrogens is 352 g/mol. The van der Waals surface area contributed by atoms with Crippen molar-refractivity contribution in [1.29, 1.82) is 0 Å². The van der Waals surface area contributed by atoms with Gasteiger partial charge in [0, 0.05) is 16.9 Å². The van der Waals surface area contributed by atoms with Gasteiger partial charge in [-0.3, -0.25) is 9.59 Å². The third-order valence-electron chi connectivity index (χ3n) is 3.99. The molecule has 0 saturated heterocycles. The molecule has 3 aromatic rings. The first kappa shape index (κ1) is 17.9. The first-order chi connectivity index (χ1) is 12.4. The van der Waals surface area contributed by atoms with Crippen molar-refractivity contribution in [3.63, 3.8) is 0 Å². The van der Waals surface area contributed by atoms with Crippen molar-refractivity contribution in [2.45, 2.75) is 25.9 Å². The van der Waals surface area contributed by atoms with Crippen molar-refractivity contribution in [3.8, 4) is 5.69 Å². The number of tetrazole rings is 1. The van der Waals surface area contributed by atoms with E-state index in [0.717, 1.165) is 5.69 Å². The summed E-state index contributed by atoms with van der Waals surface area (Å²) in [6.45, 7) is 5.03. The van der Waals surface area contributed by atoms with Gasteiger partial charge < -0.3 is 10.3 Å². The van der Waals surface area contributed by atoms with Crippen LogP contribution in [0.5, 0.6) is 0 Å². The van der Waals surface area contributed by atoms with E-state index in [1.807, 2.05) is 18.4 Å². The highest BCUT2D eigenvalue weighted by atomic mass is 32.2. The Kier molecular flexibility index (Phi) is 4.90. The number of Topliss-reactive ketones (excluding diaryl/α,β-unsaturated/α-hetero) is 1. The molecule has 0 radical (unpaired) electrons. The average Bonchev–Trinajstić information content (AvgIpc) is 3.19. The van der Waals surface area contributed by atoms with Crippen molar-refractivity contribution >= 4 is 29.1 Å². The third kappa shape index (κ3) is 3.25. The number of carbonyl (C=O) groups is 2. The molecule has 0 atom stereocenters. The number of aryl methyl sites for hydroxylation is 1. The maximum Gasteiger partial charge on any atom is 0.272 e. The van der Waals surface area contributed by atoms with Crippen LogP contribution >= 0.6 is 11.8 Å². The highest BCUT2D eigenvalue weighted by molar-refractivity contribution is 7.98. The van der Waals surface area contributed by atoms with Crippen LogP contribution in [0.2, 0.25) is 0 Å². The van der Waals surface area contributed by atoms with Crippen LogP contribution in [0.1, 0.15) is 39.0 Å². The summed E-state index contributed by atoms with van der Waals surface area (Å²) in [4.78, 5) is 27.4. The molecular formula is C17H18N6O2S. The molecule has 0 aliphatic rings. The quantitative estimate of drug-likeness (QED) is 0.528. The number of hydrogen-bond acceptors (Lipinski definition) is 6. The van der Waals surface area contributed by atoms with Gasteiger partial charge >= 0.3 is 0 Å². The van der Waals surface area contributed by atoms with Crippen LogP contribution in [0.15, 0.2) is 29.4 Å². The Labute approximate surface area is 154 Å². The van der Waals surface area contributed by atoms with Crippen molar-refractivity contribution in [1.82, 2.24) is 25.2 Å². The number of H-pyrrole nitrogens is 1. The van der Waals surface area contributed by atoms with Crippen molar-refractivity contribution in [2.24, 2.45) is 0 Å². The minimum Gasteiger partial charge on any atom is -0.354 e. The lowest BCUT2D eigenvalue weighted by atomic mass is 10.1. The first-order valence-corrected chi connectivity index (χ1v) is 9.09. The van der Waals surface area contributed by atoms with E-state index in [2.05, 4.69) is 25.8 Å². The van der Waals surface area contributed by atoms with E-state index in [9.17, 15) is 9.59 Å². The van der Waals surface area contributed by atoms with E-state index < -0.39 is 0 Å². The fourth-order valence-electron chi connectivity index (χ4n) is 2.88. The number of aromatic nitrogens is 5.